The molecule has 1 heterocycles. The van der Waals surface area contributed by atoms with Gasteiger partial charge in [-0.2, -0.15) is 5.10 Å². The molecule has 0 bridgehead atoms. The smallest absolute Gasteiger partial charge is 0.193 e. The summed E-state index contributed by atoms with van der Waals surface area (Å²) in [5.41, 5.74) is 2.17. The summed E-state index contributed by atoms with van der Waals surface area (Å²) in [5.74, 6) is 0.829. The second-order valence-corrected chi connectivity index (χ2v) is 6.54. The maximum absolute atomic E-state index is 5.58. The minimum Gasteiger partial charge on any atom is -0.379 e. The lowest BCUT2D eigenvalue weighted by atomic mass is 10.3. The normalized spacial score (nSPS) is 11.2. The summed E-state index contributed by atoms with van der Waals surface area (Å²) in [5, 5.41) is 7.77. The van der Waals surface area contributed by atoms with Crippen molar-refractivity contribution in [2.45, 2.75) is 26.3 Å². The van der Waals surface area contributed by atoms with Gasteiger partial charge in [0.05, 0.1) is 31.7 Å². The topological polar surface area (TPSA) is 63.9 Å². The molecule has 0 aliphatic heterocycles. The largest absolute Gasteiger partial charge is 0.379 e. The van der Waals surface area contributed by atoms with Crippen LogP contribution in [0.15, 0.2) is 47.7 Å². The summed E-state index contributed by atoms with van der Waals surface area (Å²) in [6, 6.07) is 10.1. The lowest BCUT2D eigenvalue weighted by molar-refractivity contribution is 0.0486. The zero-order valence-corrected chi connectivity index (χ0v) is 20.0. The van der Waals surface area contributed by atoms with Crippen LogP contribution in [0.2, 0.25) is 0 Å². The van der Waals surface area contributed by atoms with E-state index in [1.807, 2.05) is 54.5 Å². The molecule has 7 nitrogen and oxygen atoms in total. The van der Waals surface area contributed by atoms with E-state index in [1.54, 1.807) is 7.05 Å². The molecule has 2 rings (SSSR count). The van der Waals surface area contributed by atoms with E-state index in [1.165, 1.54) is 0 Å². The zero-order chi connectivity index (χ0) is 20.0. The van der Waals surface area contributed by atoms with Crippen molar-refractivity contribution in [2.75, 3.05) is 47.1 Å². The Kier molecular flexibility index (Phi) is 13.3. The minimum absolute atomic E-state index is 0. The first-order valence-corrected chi connectivity index (χ1v) is 9.90. The number of nitrogens with one attached hydrogen (secondary N) is 1. The van der Waals surface area contributed by atoms with Crippen molar-refractivity contribution in [2.24, 2.45) is 4.99 Å². The SMILES string of the molecule is CCCCOCCOCCNC(=NC)N(C)Cc1cnn(-c2ccccc2)c1.I. The van der Waals surface area contributed by atoms with Crippen molar-refractivity contribution in [3.63, 3.8) is 0 Å². The van der Waals surface area contributed by atoms with Gasteiger partial charge in [-0.1, -0.05) is 31.5 Å². The molecule has 0 atom stereocenters. The van der Waals surface area contributed by atoms with Crippen molar-refractivity contribution in [1.82, 2.24) is 20.0 Å². The number of benzene rings is 1. The number of guanidine groups is 1. The highest BCUT2D eigenvalue weighted by atomic mass is 127. The third-order valence-electron chi connectivity index (χ3n) is 4.19. The molecule has 0 radical (unpaired) electrons. The van der Waals surface area contributed by atoms with Crippen LogP contribution >= 0.6 is 24.0 Å². The molecule has 0 fully saturated rings. The van der Waals surface area contributed by atoms with Gasteiger partial charge in [0, 0.05) is 45.6 Å². The summed E-state index contributed by atoms with van der Waals surface area (Å²) >= 11 is 0. The van der Waals surface area contributed by atoms with Crippen LogP contribution in [0.4, 0.5) is 0 Å². The fourth-order valence-corrected chi connectivity index (χ4v) is 2.70. The molecule has 1 aromatic carbocycles. The van der Waals surface area contributed by atoms with E-state index in [0.717, 1.165) is 43.2 Å². The van der Waals surface area contributed by atoms with E-state index < -0.39 is 0 Å². The molecule has 0 aliphatic carbocycles. The molecule has 0 spiro atoms. The molecule has 162 valence electrons. The summed E-state index contributed by atoms with van der Waals surface area (Å²) in [4.78, 5) is 6.41. The van der Waals surface area contributed by atoms with E-state index in [2.05, 4.69) is 27.2 Å². The summed E-state index contributed by atoms with van der Waals surface area (Å²) in [6.07, 6.45) is 6.19. The van der Waals surface area contributed by atoms with E-state index in [4.69, 9.17) is 9.47 Å². The minimum atomic E-state index is 0. The second kappa shape index (κ2) is 15.2. The van der Waals surface area contributed by atoms with Crippen LogP contribution in [0.25, 0.3) is 5.69 Å². The number of aromatic nitrogens is 2. The van der Waals surface area contributed by atoms with E-state index in [-0.39, 0.29) is 24.0 Å². The van der Waals surface area contributed by atoms with Gasteiger partial charge in [0.25, 0.3) is 0 Å². The number of rotatable bonds is 12. The van der Waals surface area contributed by atoms with Crippen LogP contribution in [-0.4, -0.2) is 67.7 Å². The van der Waals surface area contributed by atoms with Crippen LogP contribution in [0, 0.1) is 0 Å². The number of unbranched alkanes of at least 4 members (excludes halogenated alkanes) is 1. The first-order valence-electron chi connectivity index (χ1n) is 9.90. The van der Waals surface area contributed by atoms with Gasteiger partial charge < -0.3 is 19.7 Å². The standard InChI is InChI=1S/C21H33N5O2.HI/c1-4-5-12-27-14-15-28-13-11-23-21(22-2)25(3)17-19-16-24-26(18-19)20-9-7-6-8-10-20;/h6-10,16,18H,4-5,11-15,17H2,1-3H3,(H,22,23);1H. The number of para-hydroxylation sites is 1. The molecule has 1 N–H and O–H groups in total. The Labute approximate surface area is 191 Å². The van der Waals surface area contributed by atoms with Gasteiger partial charge >= 0.3 is 0 Å². The van der Waals surface area contributed by atoms with Crippen molar-refractivity contribution in [1.29, 1.82) is 0 Å². The fraction of sp³-hybridized carbons (Fsp3) is 0.524. The van der Waals surface area contributed by atoms with Gasteiger partial charge in [0.2, 0.25) is 0 Å². The van der Waals surface area contributed by atoms with Crippen LogP contribution < -0.4 is 5.32 Å². The number of ether oxygens (including phenoxy) is 2. The molecule has 0 saturated heterocycles. The number of hydrogen-bond acceptors (Lipinski definition) is 4. The zero-order valence-electron chi connectivity index (χ0n) is 17.7. The molecular weight excluding hydrogens is 481 g/mol. The number of nitrogens with zero attached hydrogens (tertiary/aromatic N) is 4. The third kappa shape index (κ3) is 9.60. The van der Waals surface area contributed by atoms with Gasteiger partial charge in [-0.15, -0.1) is 24.0 Å². The van der Waals surface area contributed by atoms with Gasteiger partial charge in [-0.3, -0.25) is 4.99 Å². The highest BCUT2D eigenvalue weighted by Crippen LogP contribution is 2.09. The number of aliphatic imine (C=N–C) groups is 1. The Morgan fingerprint density at radius 3 is 2.55 bits per heavy atom. The van der Waals surface area contributed by atoms with E-state index in [0.29, 0.717) is 26.4 Å². The van der Waals surface area contributed by atoms with E-state index >= 15 is 0 Å². The Bertz CT molecular complexity index is 693. The monoisotopic (exact) mass is 515 g/mol. The Morgan fingerprint density at radius 1 is 1.14 bits per heavy atom. The molecule has 8 heteroatoms. The molecule has 0 unspecified atom stereocenters. The van der Waals surface area contributed by atoms with Crippen LogP contribution in [0.3, 0.4) is 0 Å². The first-order chi connectivity index (χ1) is 13.7. The summed E-state index contributed by atoms with van der Waals surface area (Å²) < 4.78 is 12.9. The maximum Gasteiger partial charge on any atom is 0.193 e. The second-order valence-electron chi connectivity index (χ2n) is 6.54. The lowest BCUT2D eigenvalue weighted by Crippen LogP contribution is -2.40. The number of halogens is 1. The van der Waals surface area contributed by atoms with Crippen molar-refractivity contribution >= 4 is 29.9 Å². The van der Waals surface area contributed by atoms with E-state index in [9.17, 15) is 0 Å². The Hall–Kier alpha value is -1.65. The predicted molar refractivity (Wildman–Crippen MR) is 128 cm³/mol. The lowest BCUT2D eigenvalue weighted by Gasteiger charge is -2.21. The van der Waals surface area contributed by atoms with Crippen molar-refractivity contribution in [3.8, 4) is 5.69 Å². The average Bonchev–Trinajstić information content (AvgIpc) is 3.18. The molecule has 0 amide bonds. The summed E-state index contributed by atoms with van der Waals surface area (Å²) in [6.45, 7) is 6.30. The molecular formula is C21H34IN5O2. The average molecular weight is 515 g/mol. The highest BCUT2D eigenvalue weighted by molar-refractivity contribution is 14.0. The van der Waals surface area contributed by atoms with Crippen LogP contribution in [0.1, 0.15) is 25.3 Å². The van der Waals surface area contributed by atoms with Crippen LogP contribution in [-0.2, 0) is 16.0 Å². The molecule has 2 aromatic rings. The quantitative estimate of drug-likeness (QED) is 0.203. The third-order valence-corrected chi connectivity index (χ3v) is 4.19. The number of hydrogen-bond donors (Lipinski definition) is 1. The first kappa shape index (κ1) is 25.4. The van der Waals surface area contributed by atoms with Gasteiger partial charge in [0.1, 0.15) is 0 Å². The highest BCUT2D eigenvalue weighted by Gasteiger charge is 2.08. The molecule has 29 heavy (non-hydrogen) atoms. The van der Waals surface area contributed by atoms with Gasteiger partial charge in [0.15, 0.2) is 5.96 Å². The Balaban J connectivity index is 0.00000420. The van der Waals surface area contributed by atoms with Gasteiger partial charge in [-0.05, 0) is 18.6 Å². The van der Waals surface area contributed by atoms with Crippen molar-refractivity contribution in [3.05, 3.63) is 48.3 Å². The van der Waals surface area contributed by atoms with Gasteiger partial charge in [-0.25, -0.2) is 4.68 Å². The fourth-order valence-electron chi connectivity index (χ4n) is 2.70. The maximum atomic E-state index is 5.58. The van der Waals surface area contributed by atoms with Crippen LogP contribution in [0.5, 0.6) is 0 Å². The summed E-state index contributed by atoms with van der Waals surface area (Å²) in [7, 11) is 3.80. The predicted octanol–water partition coefficient (Wildman–Crippen LogP) is 3.33. The molecule has 1 aromatic heterocycles. The molecule has 0 saturated carbocycles. The van der Waals surface area contributed by atoms with Crippen molar-refractivity contribution < 1.29 is 9.47 Å². The molecule has 0 aliphatic rings. The Morgan fingerprint density at radius 2 is 1.86 bits per heavy atom.